The number of carboxylic acids is 1. The molecule has 0 bridgehead atoms. The average Bonchev–Trinajstić information content (AvgIpc) is 2.46. The minimum absolute atomic E-state index is 0.284. The van der Waals surface area contributed by atoms with Crippen LogP contribution >= 0.6 is 15.9 Å². The standard InChI is InChI=1S/C18H14BrNO2/c1-10-6-11(2)17-14(7-10)15(18(21)22)9-16(20-17)12-4-3-5-13(19)8-12/h3-9H,1-2H3,(H,21,22). The number of benzene rings is 2. The van der Waals surface area contributed by atoms with Crippen molar-refractivity contribution >= 4 is 32.8 Å². The Morgan fingerprint density at radius 3 is 2.59 bits per heavy atom. The Hall–Kier alpha value is -2.20. The van der Waals surface area contributed by atoms with Gasteiger partial charge in [0.2, 0.25) is 0 Å². The van der Waals surface area contributed by atoms with Crippen LogP contribution in [-0.2, 0) is 0 Å². The number of hydrogen-bond acceptors (Lipinski definition) is 2. The molecule has 0 spiro atoms. The predicted molar refractivity (Wildman–Crippen MR) is 91.3 cm³/mol. The molecule has 0 aliphatic heterocycles. The number of aromatic nitrogens is 1. The fourth-order valence-corrected chi connectivity index (χ4v) is 3.05. The topological polar surface area (TPSA) is 50.2 Å². The summed E-state index contributed by atoms with van der Waals surface area (Å²) in [6.45, 7) is 3.92. The molecule has 1 N–H and O–H groups in total. The molecule has 3 aromatic rings. The highest BCUT2D eigenvalue weighted by atomic mass is 79.9. The van der Waals surface area contributed by atoms with Crippen LogP contribution in [0.25, 0.3) is 22.2 Å². The number of pyridine rings is 1. The maximum absolute atomic E-state index is 11.7. The number of halogens is 1. The first-order valence-electron chi connectivity index (χ1n) is 6.87. The maximum Gasteiger partial charge on any atom is 0.336 e. The zero-order valence-electron chi connectivity index (χ0n) is 12.2. The van der Waals surface area contributed by atoms with Gasteiger partial charge in [0.05, 0.1) is 16.8 Å². The van der Waals surface area contributed by atoms with Gasteiger partial charge in [-0.15, -0.1) is 0 Å². The van der Waals surface area contributed by atoms with Gasteiger partial charge in [0, 0.05) is 15.4 Å². The van der Waals surface area contributed by atoms with Crippen LogP contribution in [0.1, 0.15) is 21.5 Å². The van der Waals surface area contributed by atoms with Crippen molar-refractivity contribution in [1.82, 2.24) is 4.98 Å². The molecule has 2 aromatic carbocycles. The smallest absolute Gasteiger partial charge is 0.336 e. The number of fused-ring (bicyclic) bond motifs is 1. The summed E-state index contributed by atoms with van der Waals surface area (Å²) >= 11 is 3.44. The Kier molecular flexibility index (Phi) is 3.71. The van der Waals surface area contributed by atoms with Crippen molar-refractivity contribution in [3.05, 3.63) is 63.6 Å². The fourth-order valence-electron chi connectivity index (χ4n) is 2.65. The van der Waals surface area contributed by atoms with Crippen molar-refractivity contribution < 1.29 is 9.90 Å². The van der Waals surface area contributed by atoms with Gasteiger partial charge in [0.15, 0.2) is 0 Å². The molecule has 22 heavy (non-hydrogen) atoms. The maximum atomic E-state index is 11.7. The van der Waals surface area contributed by atoms with Crippen LogP contribution in [0.5, 0.6) is 0 Å². The van der Waals surface area contributed by atoms with E-state index in [1.165, 1.54) is 0 Å². The summed E-state index contributed by atoms with van der Waals surface area (Å²) in [6.07, 6.45) is 0. The molecule has 0 amide bonds. The second kappa shape index (κ2) is 5.54. The fraction of sp³-hybridized carbons (Fsp3) is 0.111. The van der Waals surface area contributed by atoms with Gasteiger partial charge in [-0.3, -0.25) is 0 Å². The van der Waals surface area contributed by atoms with Crippen molar-refractivity contribution in [2.75, 3.05) is 0 Å². The van der Waals surface area contributed by atoms with Crippen LogP contribution in [0, 0.1) is 13.8 Å². The minimum Gasteiger partial charge on any atom is -0.478 e. The van der Waals surface area contributed by atoms with Crippen LogP contribution in [0.3, 0.4) is 0 Å². The highest BCUT2D eigenvalue weighted by molar-refractivity contribution is 9.10. The van der Waals surface area contributed by atoms with Crippen LogP contribution in [0.4, 0.5) is 0 Å². The Labute approximate surface area is 136 Å². The van der Waals surface area contributed by atoms with E-state index in [0.29, 0.717) is 11.1 Å². The number of aromatic carboxylic acids is 1. The summed E-state index contributed by atoms with van der Waals surface area (Å²) < 4.78 is 0.935. The Morgan fingerprint density at radius 2 is 1.91 bits per heavy atom. The summed E-state index contributed by atoms with van der Waals surface area (Å²) in [5, 5.41) is 10.2. The normalized spacial score (nSPS) is 10.9. The molecule has 1 heterocycles. The van der Waals surface area contributed by atoms with E-state index in [1.54, 1.807) is 6.07 Å². The second-order valence-corrected chi connectivity index (χ2v) is 6.26. The highest BCUT2D eigenvalue weighted by Crippen LogP contribution is 2.29. The second-order valence-electron chi connectivity index (χ2n) is 5.35. The van der Waals surface area contributed by atoms with Crippen molar-refractivity contribution in [2.45, 2.75) is 13.8 Å². The lowest BCUT2D eigenvalue weighted by atomic mass is 10.00. The molecule has 0 aliphatic carbocycles. The number of rotatable bonds is 2. The van der Waals surface area contributed by atoms with E-state index in [0.717, 1.165) is 26.7 Å². The number of aryl methyl sites for hydroxylation is 2. The zero-order valence-corrected chi connectivity index (χ0v) is 13.8. The minimum atomic E-state index is -0.936. The lowest BCUT2D eigenvalue weighted by Gasteiger charge is -2.10. The van der Waals surface area contributed by atoms with E-state index in [4.69, 9.17) is 0 Å². The van der Waals surface area contributed by atoms with Crippen LogP contribution in [-0.4, -0.2) is 16.1 Å². The van der Waals surface area contributed by atoms with Crippen molar-refractivity contribution in [1.29, 1.82) is 0 Å². The Bertz CT molecular complexity index is 903. The van der Waals surface area contributed by atoms with E-state index in [2.05, 4.69) is 20.9 Å². The molecule has 0 aliphatic rings. The summed E-state index contributed by atoms with van der Waals surface area (Å²) in [5.74, 6) is -0.936. The van der Waals surface area contributed by atoms with Gasteiger partial charge in [-0.25, -0.2) is 9.78 Å². The van der Waals surface area contributed by atoms with Gasteiger partial charge >= 0.3 is 5.97 Å². The Balaban J connectivity index is 2.37. The molecule has 0 unspecified atom stereocenters. The van der Waals surface area contributed by atoms with Crippen molar-refractivity contribution in [2.24, 2.45) is 0 Å². The number of hydrogen-bond donors (Lipinski definition) is 1. The molecule has 0 radical (unpaired) electrons. The molecule has 0 saturated heterocycles. The summed E-state index contributed by atoms with van der Waals surface area (Å²) in [5.41, 5.74) is 4.59. The first-order valence-corrected chi connectivity index (χ1v) is 7.66. The van der Waals surface area contributed by atoms with E-state index in [-0.39, 0.29) is 5.56 Å². The van der Waals surface area contributed by atoms with Gasteiger partial charge in [0.25, 0.3) is 0 Å². The zero-order chi connectivity index (χ0) is 15.9. The molecule has 0 fully saturated rings. The van der Waals surface area contributed by atoms with Crippen molar-refractivity contribution in [3.8, 4) is 11.3 Å². The predicted octanol–water partition coefficient (Wildman–Crippen LogP) is 4.98. The van der Waals surface area contributed by atoms with Crippen LogP contribution < -0.4 is 0 Å². The molecule has 4 heteroatoms. The summed E-state index contributed by atoms with van der Waals surface area (Å²) in [4.78, 5) is 16.3. The van der Waals surface area contributed by atoms with Crippen molar-refractivity contribution in [3.63, 3.8) is 0 Å². The van der Waals surface area contributed by atoms with E-state index < -0.39 is 5.97 Å². The molecule has 1 aromatic heterocycles. The van der Waals surface area contributed by atoms with Crippen LogP contribution in [0.2, 0.25) is 0 Å². The SMILES string of the molecule is Cc1cc(C)c2nc(-c3cccc(Br)c3)cc(C(=O)O)c2c1. The third kappa shape index (κ3) is 2.62. The number of carbonyl (C=O) groups is 1. The third-order valence-corrected chi connectivity index (χ3v) is 4.09. The number of nitrogens with zero attached hydrogens (tertiary/aromatic N) is 1. The highest BCUT2D eigenvalue weighted by Gasteiger charge is 2.14. The molecular weight excluding hydrogens is 342 g/mol. The van der Waals surface area contributed by atoms with E-state index >= 15 is 0 Å². The first kappa shape index (κ1) is 14.7. The van der Waals surface area contributed by atoms with E-state index in [9.17, 15) is 9.90 Å². The lowest BCUT2D eigenvalue weighted by Crippen LogP contribution is -2.01. The van der Waals surface area contributed by atoms with Crippen LogP contribution in [0.15, 0.2) is 46.9 Å². The largest absolute Gasteiger partial charge is 0.478 e. The molecule has 0 saturated carbocycles. The Morgan fingerprint density at radius 1 is 1.14 bits per heavy atom. The van der Waals surface area contributed by atoms with Gasteiger partial charge in [0.1, 0.15) is 0 Å². The average molecular weight is 356 g/mol. The van der Waals surface area contributed by atoms with Gasteiger partial charge in [-0.1, -0.05) is 39.7 Å². The lowest BCUT2D eigenvalue weighted by molar-refractivity contribution is 0.0699. The van der Waals surface area contributed by atoms with E-state index in [1.807, 2.05) is 50.2 Å². The monoisotopic (exact) mass is 355 g/mol. The molecule has 110 valence electrons. The molecule has 0 atom stereocenters. The van der Waals surface area contributed by atoms with Gasteiger partial charge in [-0.2, -0.15) is 0 Å². The van der Waals surface area contributed by atoms with Gasteiger partial charge in [-0.05, 0) is 43.7 Å². The molecule has 3 rings (SSSR count). The summed E-state index contributed by atoms with van der Waals surface area (Å²) in [7, 11) is 0. The molecule has 3 nitrogen and oxygen atoms in total. The quantitative estimate of drug-likeness (QED) is 0.705. The van der Waals surface area contributed by atoms with Gasteiger partial charge < -0.3 is 5.11 Å². The third-order valence-electron chi connectivity index (χ3n) is 3.60. The summed E-state index contributed by atoms with van der Waals surface area (Å²) in [6, 6.07) is 13.2. The first-order chi connectivity index (χ1) is 10.5. The molecular formula is C18H14BrNO2. The number of carboxylic acid groups (broad SMARTS) is 1.